The molecule has 27 heavy (non-hydrogen) atoms. The Labute approximate surface area is 157 Å². The molecular weight excluding hydrogens is 342 g/mol. The Morgan fingerprint density at radius 2 is 1.89 bits per heavy atom. The van der Waals surface area contributed by atoms with E-state index in [0.717, 1.165) is 35.9 Å². The molecule has 0 aromatic carbocycles. The number of aryl methyl sites for hydroxylation is 2. The van der Waals surface area contributed by atoms with Crippen molar-refractivity contribution in [3.63, 3.8) is 0 Å². The molecule has 4 rings (SSSR count). The highest BCUT2D eigenvalue weighted by Gasteiger charge is 2.25. The summed E-state index contributed by atoms with van der Waals surface area (Å²) in [5, 5.41) is 8.67. The first-order valence-corrected chi connectivity index (χ1v) is 8.97. The van der Waals surface area contributed by atoms with Crippen molar-refractivity contribution < 1.29 is 9.21 Å². The molecule has 0 aliphatic carbocycles. The Kier molecular flexibility index (Phi) is 4.58. The number of aromatic nitrogens is 3. The molecule has 1 saturated heterocycles. The fraction of sp³-hybridized carbons (Fsp3) is 0.300. The standard InChI is InChI=1S/C20H21N5O2/c1-14-12-17(15(2)27-14)20(26)25-10-8-24(9-11-25)19-6-5-18(22-23-19)16-4-3-7-21-13-16/h3-7,12-13H,8-11H2,1-2H3. The molecule has 3 aromatic heterocycles. The van der Waals surface area contributed by atoms with Crippen LogP contribution >= 0.6 is 0 Å². The highest BCUT2D eigenvalue weighted by atomic mass is 16.3. The van der Waals surface area contributed by atoms with Crippen molar-refractivity contribution in [2.24, 2.45) is 0 Å². The van der Waals surface area contributed by atoms with Crippen LogP contribution in [0, 0.1) is 13.8 Å². The summed E-state index contributed by atoms with van der Waals surface area (Å²) in [6.45, 7) is 6.43. The van der Waals surface area contributed by atoms with Crippen molar-refractivity contribution in [2.75, 3.05) is 31.1 Å². The molecule has 0 spiro atoms. The first-order chi connectivity index (χ1) is 13.1. The van der Waals surface area contributed by atoms with E-state index >= 15 is 0 Å². The van der Waals surface area contributed by atoms with Crippen LogP contribution in [0.1, 0.15) is 21.9 Å². The van der Waals surface area contributed by atoms with Crippen LogP contribution in [0.2, 0.25) is 0 Å². The van der Waals surface area contributed by atoms with E-state index in [2.05, 4.69) is 20.1 Å². The monoisotopic (exact) mass is 363 g/mol. The molecule has 7 nitrogen and oxygen atoms in total. The molecule has 0 N–H and O–H groups in total. The number of furan rings is 1. The van der Waals surface area contributed by atoms with Crippen LogP contribution in [0.4, 0.5) is 5.82 Å². The molecule has 4 heterocycles. The number of amides is 1. The minimum atomic E-state index is 0.0296. The summed E-state index contributed by atoms with van der Waals surface area (Å²) in [6.07, 6.45) is 3.51. The summed E-state index contributed by atoms with van der Waals surface area (Å²) in [5.74, 6) is 2.29. The van der Waals surface area contributed by atoms with Crippen LogP contribution in [-0.4, -0.2) is 52.2 Å². The van der Waals surface area contributed by atoms with Crippen LogP contribution in [0.5, 0.6) is 0 Å². The van der Waals surface area contributed by atoms with Crippen LogP contribution in [-0.2, 0) is 0 Å². The molecule has 0 atom stereocenters. The number of hydrogen-bond donors (Lipinski definition) is 0. The van der Waals surface area contributed by atoms with Gasteiger partial charge in [0.1, 0.15) is 11.5 Å². The highest BCUT2D eigenvalue weighted by Crippen LogP contribution is 2.20. The smallest absolute Gasteiger partial charge is 0.257 e. The summed E-state index contributed by atoms with van der Waals surface area (Å²) in [5.41, 5.74) is 2.39. The lowest BCUT2D eigenvalue weighted by molar-refractivity contribution is 0.0744. The summed E-state index contributed by atoms with van der Waals surface area (Å²) in [7, 11) is 0. The van der Waals surface area contributed by atoms with E-state index in [1.54, 1.807) is 12.4 Å². The number of rotatable bonds is 3. The second-order valence-corrected chi connectivity index (χ2v) is 6.62. The highest BCUT2D eigenvalue weighted by molar-refractivity contribution is 5.95. The Morgan fingerprint density at radius 1 is 1.07 bits per heavy atom. The molecule has 0 saturated carbocycles. The fourth-order valence-corrected chi connectivity index (χ4v) is 3.31. The third-order valence-corrected chi connectivity index (χ3v) is 4.77. The lowest BCUT2D eigenvalue weighted by Gasteiger charge is -2.35. The van der Waals surface area contributed by atoms with E-state index in [9.17, 15) is 4.79 Å². The van der Waals surface area contributed by atoms with Gasteiger partial charge in [-0.15, -0.1) is 10.2 Å². The van der Waals surface area contributed by atoms with Crippen molar-refractivity contribution in [3.05, 3.63) is 59.8 Å². The largest absolute Gasteiger partial charge is 0.466 e. The maximum atomic E-state index is 12.7. The molecule has 7 heteroatoms. The predicted octanol–water partition coefficient (Wildman–Crippen LogP) is 2.71. The lowest BCUT2D eigenvalue weighted by Crippen LogP contribution is -2.49. The first-order valence-electron chi connectivity index (χ1n) is 8.97. The minimum absolute atomic E-state index is 0.0296. The Balaban J connectivity index is 1.40. The van der Waals surface area contributed by atoms with Crippen molar-refractivity contribution in [3.8, 4) is 11.3 Å². The van der Waals surface area contributed by atoms with Gasteiger partial charge in [0.25, 0.3) is 5.91 Å². The molecular formula is C20H21N5O2. The van der Waals surface area contributed by atoms with Crippen LogP contribution in [0.15, 0.2) is 47.1 Å². The Morgan fingerprint density at radius 3 is 2.48 bits per heavy atom. The Hall–Kier alpha value is -3.22. The van der Waals surface area contributed by atoms with Crippen LogP contribution in [0.3, 0.4) is 0 Å². The second kappa shape index (κ2) is 7.19. The molecule has 138 valence electrons. The molecule has 1 aliphatic heterocycles. The number of nitrogens with zero attached hydrogens (tertiary/aromatic N) is 5. The third kappa shape index (κ3) is 3.53. The second-order valence-electron chi connectivity index (χ2n) is 6.62. The van der Waals surface area contributed by atoms with Gasteiger partial charge in [-0.05, 0) is 44.2 Å². The molecule has 0 bridgehead atoms. The fourth-order valence-electron chi connectivity index (χ4n) is 3.31. The van der Waals surface area contributed by atoms with Crippen LogP contribution in [0.25, 0.3) is 11.3 Å². The molecule has 1 aliphatic rings. The predicted molar refractivity (Wildman–Crippen MR) is 102 cm³/mol. The summed E-state index contributed by atoms with van der Waals surface area (Å²) in [4.78, 5) is 20.8. The number of hydrogen-bond acceptors (Lipinski definition) is 6. The van der Waals surface area contributed by atoms with E-state index in [1.165, 1.54) is 0 Å². The minimum Gasteiger partial charge on any atom is -0.466 e. The summed E-state index contributed by atoms with van der Waals surface area (Å²) < 4.78 is 5.48. The maximum absolute atomic E-state index is 12.7. The molecule has 0 unspecified atom stereocenters. The van der Waals surface area contributed by atoms with E-state index in [1.807, 2.05) is 49.1 Å². The van der Waals surface area contributed by atoms with Crippen molar-refractivity contribution in [1.82, 2.24) is 20.1 Å². The van der Waals surface area contributed by atoms with E-state index in [-0.39, 0.29) is 5.91 Å². The Bertz CT molecular complexity index is 929. The van der Waals surface area contributed by atoms with Crippen molar-refractivity contribution >= 4 is 11.7 Å². The number of carbonyl (C=O) groups is 1. The first kappa shape index (κ1) is 17.2. The average Bonchev–Trinajstić information content (AvgIpc) is 3.06. The van der Waals surface area contributed by atoms with Gasteiger partial charge >= 0.3 is 0 Å². The average molecular weight is 363 g/mol. The van der Waals surface area contributed by atoms with Gasteiger partial charge in [0.05, 0.1) is 11.3 Å². The number of pyridine rings is 1. The van der Waals surface area contributed by atoms with Gasteiger partial charge in [-0.2, -0.15) is 0 Å². The van der Waals surface area contributed by atoms with E-state index < -0.39 is 0 Å². The summed E-state index contributed by atoms with van der Waals surface area (Å²) in [6, 6.07) is 9.57. The maximum Gasteiger partial charge on any atom is 0.257 e. The number of carbonyl (C=O) groups excluding carboxylic acids is 1. The van der Waals surface area contributed by atoms with Crippen molar-refractivity contribution in [1.29, 1.82) is 0 Å². The van der Waals surface area contributed by atoms with Gasteiger partial charge in [0.2, 0.25) is 0 Å². The normalized spacial score (nSPS) is 14.4. The zero-order chi connectivity index (χ0) is 18.8. The zero-order valence-corrected chi connectivity index (χ0v) is 15.4. The molecule has 1 amide bonds. The van der Waals surface area contributed by atoms with Gasteiger partial charge in [-0.1, -0.05) is 0 Å². The van der Waals surface area contributed by atoms with Gasteiger partial charge in [0.15, 0.2) is 5.82 Å². The summed E-state index contributed by atoms with van der Waals surface area (Å²) >= 11 is 0. The van der Waals surface area contributed by atoms with Gasteiger partial charge < -0.3 is 14.2 Å². The van der Waals surface area contributed by atoms with E-state index in [0.29, 0.717) is 24.4 Å². The third-order valence-electron chi connectivity index (χ3n) is 4.77. The lowest BCUT2D eigenvalue weighted by atomic mass is 10.2. The SMILES string of the molecule is Cc1cc(C(=O)N2CCN(c3ccc(-c4cccnc4)nn3)CC2)c(C)o1. The number of anilines is 1. The quantitative estimate of drug-likeness (QED) is 0.712. The zero-order valence-electron chi connectivity index (χ0n) is 15.4. The molecule has 3 aromatic rings. The van der Waals surface area contributed by atoms with Gasteiger partial charge in [-0.3, -0.25) is 9.78 Å². The van der Waals surface area contributed by atoms with Crippen LogP contribution < -0.4 is 4.90 Å². The van der Waals surface area contributed by atoms with Gasteiger partial charge in [0, 0.05) is 44.1 Å². The molecule has 0 radical (unpaired) electrons. The topological polar surface area (TPSA) is 75.4 Å². The molecule has 1 fully saturated rings. The van der Waals surface area contributed by atoms with E-state index in [4.69, 9.17) is 4.42 Å². The van der Waals surface area contributed by atoms with Crippen molar-refractivity contribution in [2.45, 2.75) is 13.8 Å². The number of piperazine rings is 1. The van der Waals surface area contributed by atoms with Gasteiger partial charge in [-0.25, -0.2) is 0 Å².